The number of nitrogens with zero attached hydrogens (tertiary/aromatic N) is 1. The van der Waals surface area contributed by atoms with Crippen LogP contribution in [0.4, 0.5) is 4.39 Å². The summed E-state index contributed by atoms with van der Waals surface area (Å²) in [5.41, 5.74) is 1.12. The van der Waals surface area contributed by atoms with Crippen molar-refractivity contribution >= 4 is 5.91 Å². The molecule has 0 spiro atoms. The van der Waals surface area contributed by atoms with Crippen LogP contribution in [0.2, 0.25) is 0 Å². The monoisotopic (exact) mass is 345 g/mol. The first-order valence-corrected chi connectivity index (χ1v) is 8.20. The first-order chi connectivity index (χ1) is 12.0. The van der Waals surface area contributed by atoms with Gasteiger partial charge in [0.05, 0.1) is 0 Å². The third-order valence-corrected chi connectivity index (χ3v) is 4.68. The van der Waals surface area contributed by atoms with Crippen molar-refractivity contribution in [3.8, 4) is 11.5 Å². The Bertz CT molecular complexity index is 755. The van der Waals surface area contributed by atoms with E-state index in [1.807, 2.05) is 0 Å². The molecule has 0 radical (unpaired) electrons. The summed E-state index contributed by atoms with van der Waals surface area (Å²) in [5, 5.41) is 29.5. The van der Waals surface area contributed by atoms with Crippen molar-refractivity contribution in [1.29, 1.82) is 0 Å². The van der Waals surface area contributed by atoms with Crippen molar-refractivity contribution < 1.29 is 24.5 Å². The van der Waals surface area contributed by atoms with E-state index in [1.165, 1.54) is 36.4 Å². The number of rotatable bonds is 3. The molecule has 132 valence electrons. The molecule has 6 heteroatoms. The van der Waals surface area contributed by atoms with Crippen LogP contribution in [0, 0.1) is 5.82 Å². The minimum absolute atomic E-state index is 0.0104. The van der Waals surface area contributed by atoms with Gasteiger partial charge < -0.3 is 20.2 Å². The topological polar surface area (TPSA) is 81.0 Å². The number of halogens is 1. The Hall–Kier alpha value is -2.60. The molecule has 2 aromatic rings. The van der Waals surface area contributed by atoms with Crippen molar-refractivity contribution in [2.45, 2.75) is 24.9 Å². The minimum atomic E-state index is -1.31. The fourth-order valence-electron chi connectivity index (χ4n) is 3.25. The van der Waals surface area contributed by atoms with Crippen LogP contribution in [0.15, 0.2) is 42.5 Å². The molecule has 1 heterocycles. The molecule has 1 aliphatic heterocycles. The Morgan fingerprint density at radius 3 is 2.32 bits per heavy atom. The molecule has 3 N–H and O–H groups in total. The second kappa shape index (κ2) is 7.11. The van der Waals surface area contributed by atoms with Crippen LogP contribution in [-0.4, -0.2) is 39.2 Å². The summed E-state index contributed by atoms with van der Waals surface area (Å²) in [4.78, 5) is 14.0. The van der Waals surface area contributed by atoms with Crippen molar-refractivity contribution in [2.24, 2.45) is 0 Å². The summed E-state index contributed by atoms with van der Waals surface area (Å²) in [6.45, 7) is 0.921. The summed E-state index contributed by atoms with van der Waals surface area (Å²) >= 11 is 0. The summed E-state index contributed by atoms with van der Waals surface area (Å²) in [7, 11) is 0. The zero-order valence-electron chi connectivity index (χ0n) is 13.6. The lowest BCUT2D eigenvalue weighted by Gasteiger charge is -2.33. The predicted octanol–water partition coefficient (Wildman–Crippen LogP) is 2.68. The molecule has 25 heavy (non-hydrogen) atoms. The Labute approximate surface area is 145 Å². The van der Waals surface area contributed by atoms with E-state index in [9.17, 15) is 24.5 Å². The molecular formula is C19H20FNO4. The van der Waals surface area contributed by atoms with Gasteiger partial charge >= 0.3 is 0 Å². The SMILES string of the molecule is O=C([C@@H](O)c1ccc(F)cc1)N1CCC(c2ccc(O)cc2O)CC1. The summed E-state index contributed by atoms with van der Waals surface area (Å²) < 4.78 is 13.0. The number of phenols is 2. The van der Waals surface area contributed by atoms with E-state index < -0.39 is 17.8 Å². The van der Waals surface area contributed by atoms with Crippen molar-refractivity contribution in [2.75, 3.05) is 13.1 Å². The summed E-state index contributed by atoms with van der Waals surface area (Å²) in [5.74, 6) is -0.669. The molecule has 1 aliphatic rings. The van der Waals surface area contributed by atoms with Crippen LogP contribution in [0.5, 0.6) is 11.5 Å². The van der Waals surface area contributed by atoms with E-state index in [0.29, 0.717) is 31.5 Å². The molecule has 0 bridgehead atoms. The van der Waals surface area contributed by atoms with E-state index >= 15 is 0 Å². The highest BCUT2D eigenvalue weighted by Gasteiger charge is 2.29. The standard InChI is InChI=1S/C19H20FNO4/c20-14-3-1-13(2-4-14)18(24)19(25)21-9-7-12(8-10-21)16-6-5-15(22)11-17(16)23/h1-6,11-12,18,22-24H,7-10H2/t18-/m0/s1. The highest BCUT2D eigenvalue weighted by atomic mass is 19.1. The lowest BCUT2D eigenvalue weighted by atomic mass is 9.88. The number of carbonyl (C=O) groups excluding carboxylic acids is 1. The highest BCUT2D eigenvalue weighted by molar-refractivity contribution is 5.82. The van der Waals surface area contributed by atoms with Crippen LogP contribution < -0.4 is 0 Å². The fourth-order valence-corrected chi connectivity index (χ4v) is 3.25. The first kappa shape index (κ1) is 17.2. The number of benzene rings is 2. The van der Waals surface area contributed by atoms with Gasteiger partial charge in [0.2, 0.25) is 0 Å². The first-order valence-electron chi connectivity index (χ1n) is 8.20. The van der Waals surface area contributed by atoms with Gasteiger partial charge in [-0.05, 0) is 48.1 Å². The molecule has 0 unspecified atom stereocenters. The lowest BCUT2D eigenvalue weighted by Crippen LogP contribution is -2.40. The molecule has 2 aromatic carbocycles. The van der Waals surface area contributed by atoms with Gasteiger partial charge in [-0.3, -0.25) is 4.79 Å². The molecule has 5 nitrogen and oxygen atoms in total. The zero-order chi connectivity index (χ0) is 18.0. The maximum atomic E-state index is 13.0. The highest BCUT2D eigenvalue weighted by Crippen LogP contribution is 2.36. The van der Waals surface area contributed by atoms with Crippen LogP contribution >= 0.6 is 0 Å². The van der Waals surface area contributed by atoms with Gasteiger partial charge in [0.15, 0.2) is 6.10 Å². The van der Waals surface area contributed by atoms with Gasteiger partial charge in [0.25, 0.3) is 5.91 Å². The minimum Gasteiger partial charge on any atom is -0.508 e. The number of amides is 1. The normalized spacial score (nSPS) is 16.6. The van der Waals surface area contributed by atoms with Crippen molar-refractivity contribution in [3.63, 3.8) is 0 Å². The second-order valence-corrected chi connectivity index (χ2v) is 6.30. The largest absolute Gasteiger partial charge is 0.508 e. The zero-order valence-corrected chi connectivity index (χ0v) is 13.6. The average Bonchev–Trinajstić information content (AvgIpc) is 2.61. The van der Waals surface area contributed by atoms with Gasteiger partial charge in [0, 0.05) is 19.2 Å². The van der Waals surface area contributed by atoms with Crippen molar-refractivity contribution in [3.05, 3.63) is 59.4 Å². The molecule has 1 saturated heterocycles. The Kier molecular flexibility index (Phi) is 4.90. The Morgan fingerprint density at radius 2 is 1.72 bits per heavy atom. The van der Waals surface area contributed by atoms with E-state index in [1.54, 1.807) is 11.0 Å². The number of aliphatic hydroxyl groups is 1. The summed E-state index contributed by atoms with van der Waals surface area (Å²) in [6, 6.07) is 9.77. The van der Waals surface area contributed by atoms with Gasteiger partial charge in [-0.15, -0.1) is 0 Å². The molecule has 0 aliphatic carbocycles. The van der Waals surface area contributed by atoms with E-state index in [-0.39, 0.29) is 17.4 Å². The second-order valence-electron chi connectivity index (χ2n) is 6.30. The number of likely N-dealkylation sites (tertiary alicyclic amines) is 1. The van der Waals surface area contributed by atoms with E-state index in [0.717, 1.165) is 5.56 Å². The van der Waals surface area contributed by atoms with E-state index in [2.05, 4.69) is 0 Å². The van der Waals surface area contributed by atoms with Gasteiger partial charge in [-0.1, -0.05) is 18.2 Å². The number of hydrogen-bond acceptors (Lipinski definition) is 4. The van der Waals surface area contributed by atoms with Crippen LogP contribution in [0.25, 0.3) is 0 Å². The molecule has 0 aromatic heterocycles. The van der Waals surface area contributed by atoms with Gasteiger partial charge in [0.1, 0.15) is 17.3 Å². The number of hydrogen-bond donors (Lipinski definition) is 3. The lowest BCUT2D eigenvalue weighted by molar-refractivity contribution is -0.141. The van der Waals surface area contributed by atoms with Gasteiger partial charge in [-0.25, -0.2) is 4.39 Å². The number of piperidine rings is 1. The van der Waals surface area contributed by atoms with E-state index in [4.69, 9.17) is 0 Å². The van der Waals surface area contributed by atoms with Crippen LogP contribution in [0.1, 0.15) is 36.0 Å². The smallest absolute Gasteiger partial charge is 0.256 e. The molecular weight excluding hydrogens is 325 g/mol. The number of phenolic OH excluding ortho intramolecular Hbond substituents is 2. The predicted molar refractivity (Wildman–Crippen MR) is 89.7 cm³/mol. The maximum Gasteiger partial charge on any atom is 0.256 e. The number of aliphatic hydroxyl groups excluding tert-OH is 1. The molecule has 0 saturated carbocycles. The van der Waals surface area contributed by atoms with Crippen LogP contribution in [-0.2, 0) is 4.79 Å². The quantitative estimate of drug-likeness (QED) is 0.799. The molecule has 1 atom stereocenters. The third kappa shape index (κ3) is 3.74. The Morgan fingerprint density at radius 1 is 1.08 bits per heavy atom. The molecule has 1 amide bonds. The number of aromatic hydroxyl groups is 2. The molecule has 1 fully saturated rings. The third-order valence-electron chi connectivity index (χ3n) is 4.68. The fraction of sp³-hybridized carbons (Fsp3) is 0.316. The van der Waals surface area contributed by atoms with Crippen LogP contribution in [0.3, 0.4) is 0 Å². The molecule has 3 rings (SSSR count). The Balaban J connectivity index is 1.63. The average molecular weight is 345 g/mol. The maximum absolute atomic E-state index is 13.0. The number of carbonyl (C=O) groups is 1. The van der Waals surface area contributed by atoms with Crippen molar-refractivity contribution in [1.82, 2.24) is 4.90 Å². The summed E-state index contributed by atoms with van der Waals surface area (Å²) in [6.07, 6.45) is -0.000295. The van der Waals surface area contributed by atoms with Gasteiger partial charge in [-0.2, -0.15) is 0 Å².